The molecule has 0 fully saturated rings. The molecule has 108 valence electrons. The van der Waals surface area contributed by atoms with E-state index in [0.717, 1.165) is 18.9 Å². The van der Waals surface area contributed by atoms with Crippen LogP contribution in [0, 0.1) is 5.92 Å². The van der Waals surface area contributed by atoms with Crippen LogP contribution in [0.2, 0.25) is 0 Å². The molecule has 3 heteroatoms. The molecule has 0 heterocycles. The van der Waals surface area contributed by atoms with Crippen molar-refractivity contribution in [3.05, 3.63) is 34.3 Å². The Morgan fingerprint density at radius 1 is 1.26 bits per heavy atom. The first-order valence-corrected chi connectivity index (χ1v) is 9.28. The molecular formula is C16H26BrNS. The van der Waals surface area contributed by atoms with E-state index in [2.05, 4.69) is 65.6 Å². The summed E-state index contributed by atoms with van der Waals surface area (Å²) in [6.45, 7) is 5.56. The van der Waals surface area contributed by atoms with Crippen LogP contribution in [0.3, 0.4) is 0 Å². The summed E-state index contributed by atoms with van der Waals surface area (Å²) in [5.74, 6) is 2.00. The molecule has 1 unspecified atom stereocenters. The van der Waals surface area contributed by atoms with E-state index < -0.39 is 0 Å². The number of nitrogens with one attached hydrogen (secondary N) is 1. The van der Waals surface area contributed by atoms with Crippen LogP contribution in [-0.2, 0) is 6.42 Å². The molecule has 1 aromatic rings. The van der Waals surface area contributed by atoms with Gasteiger partial charge < -0.3 is 5.32 Å². The zero-order chi connectivity index (χ0) is 14.1. The van der Waals surface area contributed by atoms with Gasteiger partial charge in [0.05, 0.1) is 0 Å². The molecule has 0 aromatic heterocycles. The lowest BCUT2D eigenvalue weighted by Gasteiger charge is -2.20. The molecule has 0 aliphatic carbocycles. The minimum Gasteiger partial charge on any atom is -0.314 e. The molecule has 0 spiro atoms. The van der Waals surface area contributed by atoms with E-state index in [4.69, 9.17) is 0 Å². The van der Waals surface area contributed by atoms with Gasteiger partial charge in [0.2, 0.25) is 0 Å². The predicted molar refractivity (Wildman–Crippen MR) is 92.1 cm³/mol. The Morgan fingerprint density at radius 3 is 2.63 bits per heavy atom. The molecule has 1 aromatic carbocycles. The highest BCUT2D eigenvalue weighted by Crippen LogP contribution is 2.22. The summed E-state index contributed by atoms with van der Waals surface area (Å²) in [7, 11) is 0. The second-order valence-corrected chi connectivity index (χ2v) is 7.20. The summed E-state index contributed by atoms with van der Waals surface area (Å²) in [5.41, 5.74) is 1.43. The maximum Gasteiger partial charge on any atom is 0.0207 e. The third-order valence-corrected chi connectivity index (χ3v) is 4.71. The Bertz CT molecular complexity index is 354. The third kappa shape index (κ3) is 7.38. The summed E-state index contributed by atoms with van der Waals surface area (Å²) < 4.78 is 1.24. The van der Waals surface area contributed by atoms with Gasteiger partial charge in [-0.3, -0.25) is 0 Å². The summed E-state index contributed by atoms with van der Waals surface area (Å²) in [5, 5.41) is 3.59. The van der Waals surface area contributed by atoms with Gasteiger partial charge in [0.25, 0.3) is 0 Å². The monoisotopic (exact) mass is 343 g/mol. The first-order valence-electron chi connectivity index (χ1n) is 7.09. The maximum absolute atomic E-state index is 3.66. The highest BCUT2D eigenvalue weighted by molar-refractivity contribution is 9.10. The van der Waals surface area contributed by atoms with E-state index in [-0.39, 0.29) is 0 Å². The summed E-state index contributed by atoms with van der Waals surface area (Å²) in [6.07, 6.45) is 5.97. The van der Waals surface area contributed by atoms with Gasteiger partial charge in [-0.2, -0.15) is 11.8 Å². The Hall–Kier alpha value is 0.01000. The van der Waals surface area contributed by atoms with Crippen LogP contribution in [0.5, 0.6) is 0 Å². The van der Waals surface area contributed by atoms with Gasteiger partial charge >= 0.3 is 0 Å². The molecule has 0 saturated heterocycles. The normalized spacial score (nSPS) is 12.9. The van der Waals surface area contributed by atoms with Crippen LogP contribution < -0.4 is 5.32 Å². The first-order chi connectivity index (χ1) is 9.13. The Balaban J connectivity index is 2.54. The topological polar surface area (TPSA) is 12.0 Å². The van der Waals surface area contributed by atoms with Crippen molar-refractivity contribution >= 4 is 27.7 Å². The number of hydrogen-bond acceptors (Lipinski definition) is 2. The smallest absolute Gasteiger partial charge is 0.0207 e. The van der Waals surface area contributed by atoms with Crippen LogP contribution in [0.1, 0.15) is 32.3 Å². The predicted octanol–water partition coefficient (Wildman–Crippen LogP) is 4.75. The van der Waals surface area contributed by atoms with Crippen molar-refractivity contribution in [1.29, 1.82) is 0 Å². The van der Waals surface area contributed by atoms with Gasteiger partial charge in [-0.15, -0.1) is 0 Å². The highest BCUT2D eigenvalue weighted by atomic mass is 79.9. The lowest BCUT2D eigenvalue weighted by Crippen LogP contribution is -2.30. The largest absolute Gasteiger partial charge is 0.314 e. The molecule has 1 rings (SSSR count). The fourth-order valence-corrected chi connectivity index (χ4v) is 3.07. The summed E-state index contributed by atoms with van der Waals surface area (Å²) in [4.78, 5) is 0. The van der Waals surface area contributed by atoms with Crippen LogP contribution in [0.4, 0.5) is 0 Å². The lowest BCUT2D eigenvalue weighted by atomic mass is 9.94. The second-order valence-electron chi connectivity index (χ2n) is 5.36. The average molecular weight is 344 g/mol. The average Bonchev–Trinajstić information content (AvgIpc) is 2.38. The molecule has 0 radical (unpaired) electrons. The fourth-order valence-electron chi connectivity index (χ4n) is 2.17. The van der Waals surface area contributed by atoms with Crippen LogP contribution in [0.15, 0.2) is 28.7 Å². The molecule has 0 amide bonds. The second kappa shape index (κ2) is 9.84. The van der Waals surface area contributed by atoms with Crippen molar-refractivity contribution < 1.29 is 0 Å². The summed E-state index contributed by atoms with van der Waals surface area (Å²) >= 11 is 5.61. The van der Waals surface area contributed by atoms with Crippen molar-refractivity contribution in [2.24, 2.45) is 5.92 Å². The fraction of sp³-hybridized carbons (Fsp3) is 0.625. The minimum absolute atomic E-state index is 0.572. The zero-order valence-electron chi connectivity index (χ0n) is 12.3. The summed E-state index contributed by atoms with van der Waals surface area (Å²) in [6, 6.07) is 9.17. The molecule has 0 saturated carbocycles. The van der Waals surface area contributed by atoms with Gasteiger partial charge in [0, 0.05) is 10.5 Å². The molecule has 1 atom stereocenters. The van der Waals surface area contributed by atoms with Crippen molar-refractivity contribution in [3.63, 3.8) is 0 Å². The van der Waals surface area contributed by atoms with Gasteiger partial charge in [-0.25, -0.2) is 0 Å². The van der Waals surface area contributed by atoms with Crippen molar-refractivity contribution in [2.75, 3.05) is 18.6 Å². The van der Waals surface area contributed by atoms with Crippen LogP contribution >= 0.6 is 27.7 Å². The van der Waals surface area contributed by atoms with Crippen LogP contribution in [0.25, 0.3) is 0 Å². The van der Waals surface area contributed by atoms with Crippen LogP contribution in [-0.4, -0.2) is 24.6 Å². The molecule has 0 aliphatic rings. The molecular weight excluding hydrogens is 318 g/mol. The SMILES string of the molecule is CSCCCC(CNC(C)C)Cc1ccccc1Br. The molecule has 0 bridgehead atoms. The van der Waals surface area contributed by atoms with E-state index in [0.29, 0.717) is 6.04 Å². The van der Waals surface area contributed by atoms with Gasteiger partial charge in [0.1, 0.15) is 0 Å². The highest BCUT2D eigenvalue weighted by Gasteiger charge is 2.11. The number of halogens is 1. The van der Waals surface area contributed by atoms with Crippen molar-refractivity contribution in [2.45, 2.75) is 39.2 Å². The van der Waals surface area contributed by atoms with Crippen molar-refractivity contribution in [3.8, 4) is 0 Å². The van der Waals surface area contributed by atoms with E-state index in [1.807, 2.05) is 11.8 Å². The van der Waals surface area contributed by atoms with Gasteiger partial charge in [-0.05, 0) is 55.4 Å². The standard InChI is InChI=1S/C16H26BrNS/c1-13(2)18-12-14(7-6-10-19-3)11-15-8-4-5-9-16(15)17/h4-5,8-9,13-14,18H,6-7,10-12H2,1-3H3. The maximum atomic E-state index is 3.66. The molecule has 1 N–H and O–H groups in total. The number of thioether (sulfide) groups is 1. The van der Waals surface area contributed by atoms with E-state index >= 15 is 0 Å². The van der Waals surface area contributed by atoms with E-state index in [1.54, 1.807) is 0 Å². The first kappa shape index (κ1) is 17.1. The zero-order valence-corrected chi connectivity index (χ0v) is 14.7. The molecule has 1 nitrogen and oxygen atoms in total. The Labute approximate surface area is 131 Å². The Kier molecular flexibility index (Phi) is 8.84. The lowest BCUT2D eigenvalue weighted by molar-refractivity contribution is 0.419. The van der Waals surface area contributed by atoms with E-state index in [1.165, 1.54) is 28.6 Å². The minimum atomic E-state index is 0.572. The van der Waals surface area contributed by atoms with Gasteiger partial charge in [0.15, 0.2) is 0 Å². The quantitative estimate of drug-likeness (QED) is 0.649. The molecule has 19 heavy (non-hydrogen) atoms. The van der Waals surface area contributed by atoms with Gasteiger partial charge in [-0.1, -0.05) is 48.0 Å². The number of hydrogen-bond donors (Lipinski definition) is 1. The third-order valence-electron chi connectivity index (χ3n) is 3.24. The van der Waals surface area contributed by atoms with Crippen molar-refractivity contribution in [1.82, 2.24) is 5.32 Å². The number of benzene rings is 1. The molecule has 0 aliphatic heterocycles. The van der Waals surface area contributed by atoms with E-state index in [9.17, 15) is 0 Å². The Morgan fingerprint density at radius 2 is 2.00 bits per heavy atom. The number of rotatable bonds is 9.